The van der Waals surface area contributed by atoms with Crippen LogP contribution in [0.3, 0.4) is 0 Å². The number of alkyl halides is 2. The monoisotopic (exact) mass is 258 g/mol. The van der Waals surface area contributed by atoms with E-state index in [-0.39, 0.29) is 12.8 Å². The van der Waals surface area contributed by atoms with Crippen molar-refractivity contribution in [3.05, 3.63) is 35.6 Å². The summed E-state index contributed by atoms with van der Waals surface area (Å²) in [6.45, 7) is 0. The smallest absolute Gasteiger partial charge is 0.316 e. The standard InChI is InChI=1S/C13H13F3O2/c14-10-6-2-1-5-9(10)13(15,16)12(11(17)18)7-3-4-8-12/h1-2,5-6H,3-4,7-8H2,(H,17,18). The number of carbonyl (C=O) groups is 1. The number of carboxylic acids is 1. The Morgan fingerprint density at radius 1 is 1.22 bits per heavy atom. The van der Waals surface area contributed by atoms with E-state index < -0.39 is 28.7 Å². The van der Waals surface area contributed by atoms with E-state index in [4.69, 9.17) is 5.11 Å². The van der Waals surface area contributed by atoms with Gasteiger partial charge >= 0.3 is 5.97 Å². The molecule has 0 atom stereocenters. The first kappa shape index (κ1) is 12.9. The summed E-state index contributed by atoms with van der Waals surface area (Å²) in [5.74, 6) is -6.30. The second kappa shape index (κ2) is 4.30. The summed E-state index contributed by atoms with van der Waals surface area (Å²) in [5, 5.41) is 9.15. The van der Waals surface area contributed by atoms with E-state index in [2.05, 4.69) is 0 Å². The van der Waals surface area contributed by atoms with Crippen LogP contribution in [-0.4, -0.2) is 11.1 Å². The molecular formula is C13H13F3O2. The van der Waals surface area contributed by atoms with Gasteiger partial charge in [-0.2, -0.15) is 8.78 Å². The first-order valence-corrected chi connectivity index (χ1v) is 5.78. The minimum Gasteiger partial charge on any atom is -0.481 e. The maximum Gasteiger partial charge on any atom is 0.316 e. The van der Waals surface area contributed by atoms with Crippen molar-refractivity contribution in [2.75, 3.05) is 0 Å². The van der Waals surface area contributed by atoms with Gasteiger partial charge in [0.2, 0.25) is 0 Å². The van der Waals surface area contributed by atoms with E-state index >= 15 is 0 Å². The zero-order chi connectivity index (χ0) is 13.4. The molecule has 0 unspecified atom stereocenters. The Balaban J connectivity index is 2.53. The third kappa shape index (κ3) is 1.69. The third-order valence-electron chi connectivity index (χ3n) is 3.68. The zero-order valence-corrected chi connectivity index (χ0v) is 9.63. The van der Waals surface area contributed by atoms with Crippen LogP contribution in [0, 0.1) is 11.2 Å². The fourth-order valence-corrected chi connectivity index (χ4v) is 2.61. The van der Waals surface area contributed by atoms with Crippen molar-refractivity contribution in [1.29, 1.82) is 0 Å². The lowest BCUT2D eigenvalue weighted by Gasteiger charge is -2.33. The SMILES string of the molecule is O=C(O)C1(C(F)(F)c2ccccc2F)CCCC1. The van der Waals surface area contributed by atoms with Gasteiger partial charge in [0, 0.05) is 0 Å². The van der Waals surface area contributed by atoms with Gasteiger partial charge in [-0.25, -0.2) is 4.39 Å². The Bertz CT molecular complexity index is 465. The minimum absolute atomic E-state index is 0.121. The molecule has 18 heavy (non-hydrogen) atoms. The lowest BCUT2D eigenvalue weighted by Crippen LogP contribution is -2.44. The maximum atomic E-state index is 14.4. The van der Waals surface area contributed by atoms with E-state index in [1.54, 1.807) is 0 Å². The van der Waals surface area contributed by atoms with E-state index in [9.17, 15) is 18.0 Å². The van der Waals surface area contributed by atoms with Crippen molar-refractivity contribution in [3.63, 3.8) is 0 Å². The van der Waals surface area contributed by atoms with Crippen molar-refractivity contribution >= 4 is 5.97 Å². The molecule has 0 spiro atoms. The molecule has 1 aromatic rings. The van der Waals surface area contributed by atoms with Gasteiger partial charge in [-0.3, -0.25) is 4.79 Å². The lowest BCUT2D eigenvalue weighted by molar-refractivity contribution is -0.182. The highest BCUT2D eigenvalue weighted by Gasteiger charge is 2.61. The number of aliphatic carboxylic acids is 1. The summed E-state index contributed by atoms with van der Waals surface area (Å²) in [7, 11) is 0. The maximum absolute atomic E-state index is 14.4. The quantitative estimate of drug-likeness (QED) is 0.900. The summed E-state index contributed by atoms with van der Waals surface area (Å²) < 4.78 is 42.3. The van der Waals surface area contributed by atoms with Crippen LogP contribution in [0.4, 0.5) is 13.2 Å². The van der Waals surface area contributed by atoms with Gasteiger partial charge in [0.05, 0.1) is 5.56 Å². The van der Waals surface area contributed by atoms with Gasteiger partial charge in [-0.15, -0.1) is 0 Å². The average Bonchev–Trinajstić information content (AvgIpc) is 2.79. The molecule has 0 radical (unpaired) electrons. The highest BCUT2D eigenvalue weighted by molar-refractivity contribution is 5.77. The number of halogens is 3. The molecule has 1 aliphatic rings. The second-order valence-corrected chi connectivity index (χ2v) is 4.65. The van der Waals surface area contributed by atoms with Crippen LogP contribution in [-0.2, 0) is 10.7 Å². The van der Waals surface area contributed by atoms with Crippen LogP contribution < -0.4 is 0 Å². The molecule has 0 amide bonds. The van der Waals surface area contributed by atoms with Crippen molar-refractivity contribution in [2.45, 2.75) is 31.6 Å². The van der Waals surface area contributed by atoms with Crippen molar-refractivity contribution < 1.29 is 23.1 Å². The molecule has 1 saturated carbocycles. The van der Waals surface area contributed by atoms with Gasteiger partial charge in [0.25, 0.3) is 5.92 Å². The number of carboxylic acid groups (broad SMARTS) is 1. The fourth-order valence-electron chi connectivity index (χ4n) is 2.61. The predicted octanol–water partition coefficient (Wildman–Crippen LogP) is 3.56. The van der Waals surface area contributed by atoms with Crippen LogP contribution in [0.5, 0.6) is 0 Å². The summed E-state index contributed by atoms with van der Waals surface area (Å²) >= 11 is 0. The van der Waals surface area contributed by atoms with Gasteiger partial charge < -0.3 is 5.11 Å². The van der Waals surface area contributed by atoms with E-state index in [1.165, 1.54) is 12.1 Å². The minimum atomic E-state index is -3.69. The highest BCUT2D eigenvalue weighted by atomic mass is 19.3. The van der Waals surface area contributed by atoms with E-state index in [1.807, 2.05) is 0 Å². The molecule has 1 aromatic carbocycles. The van der Waals surface area contributed by atoms with Crippen LogP contribution in [0.1, 0.15) is 31.2 Å². The Morgan fingerprint density at radius 2 is 1.78 bits per heavy atom. The summed E-state index contributed by atoms with van der Waals surface area (Å²) in [5.41, 5.74) is -3.00. The van der Waals surface area contributed by atoms with Gasteiger partial charge in [0.1, 0.15) is 11.2 Å². The topological polar surface area (TPSA) is 37.3 Å². The molecule has 0 bridgehead atoms. The molecule has 1 N–H and O–H groups in total. The Labute approximate surface area is 102 Å². The molecule has 0 heterocycles. The molecular weight excluding hydrogens is 245 g/mol. The van der Waals surface area contributed by atoms with Gasteiger partial charge in [0.15, 0.2) is 0 Å². The van der Waals surface area contributed by atoms with Crippen LogP contribution in [0.2, 0.25) is 0 Å². The fraction of sp³-hybridized carbons (Fsp3) is 0.462. The molecule has 0 saturated heterocycles. The first-order valence-electron chi connectivity index (χ1n) is 5.78. The molecule has 2 nitrogen and oxygen atoms in total. The van der Waals surface area contributed by atoms with Crippen LogP contribution in [0.15, 0.2) is 24.3 Å². The summed E-state index contributed by atoms with van der Waals surface area (Å²) in [4.78, 5) is 11.3. The Hall–Kier alpha value is -1.52. The largest absolute Gasteiger partial charge is 0.481 e. The predicted molar refractivity (Wildman–Crippen MR) is 58.8 cm³/mol. The Morgan fingerprint density at radius 3 is 2.28 bits per heavy atom. The summed E-state index contributed by atoms with van der Waals surface area (Å²) in [6.07, 6.45) is 0.611. The molecule has 2 rings (SSSR count). The molecule has 98 valence electrons. The Kier molecular flexibility index (Phi) is 3.09. The van der Waals surface area contributed by atoms with Crippen molar-refractivity contribution in [1.82, 2.24) is 0 Å². The van der Waals surface area contributed by atoms with Crippen molar-refractivity contribution in [3.8, 4) is 0 Å². The molecule has 0 aromatic heterocycles. The first-order chi connectivity index (χ1) is 8.42. The normalized spacial score (nSPS) is 18.8. The number of hydrogen-bond donors (Lipinski definition) is 1. The number of rotatable bonds is 3. The molecule has 1 fully saturated rings. The molecule has 0 aliphatic heterocycles. The molecule has 5 heteroatoms. The summed E-state index contributed by atoms with van der Waals surface area (Å²) in [6, 6.07) is 4.47. The van der Waals surface area contributed by atoms with Crippen LogP contribution in [0.25, 0.3) is 0 Å². The van der Waals surface area contributed by atoms with E-state index in [0.717, 1.165) is 12.1 Å². The third-order valence-corrected chi connectivity index (χ3v) is 3.68. The highest BCUT2D eigenvalue weighted by Crippen LogP contribution is 2.55. The van der Waals surface area contributed by atoms with Gasteiger partial charge in [-0.05, 0) is 18.9 Å². The molecule has 1 aliphatic carbocycles. The second-order valence-electron chi connectivity index (χ2n) is 4.65. The zero-order valence-electron chi connectivity index (χ0n) is 9.63. The number of benzene rings is 1. The van der Waals surface area contributed by atoms with Crippen molar-refractivity contribution in [2.24, 2.45) is 5.41 Å². The van der Waals surface area contributed by atoms with Gasteiger partial charge in [-0.1, -0.05) is 31.0 Å². The van der Waals surface area contributed by atoms with Crippen LogP contribution >= 0.6 is 0 Å². The number of hydrogen-bond acceptors (Lipinski definition) is 1. The van der Waals surface area contributed by atoms with E-state index in [0.29, 0.717) is 12.8 Å². The lowest BCUT2D eigenvalue weighted by atomic mass is 9.76. The average molecular weight is 258 g/mol.